The molecule has 2 aromatic rings. The van der Waals surface area contributed by atoms with Crippen molar-refractivity contribution in [2.24, 2.45) is 0 Å². The number of anilines is 1. The summed E-state index contributed by atoms with van der Waals surface area (Å²) in [5.74, 6) is 0.923. The number of nitrogens with one attached hydrogen (secondary N) is 1. The molecule has 1 N–H and O–H groups in total. The molecule has 0 aliphatic heterocycles. The van der Waals surface area contributed by atoms with E-state index >= 15 is 0 Å². The summed E-state index contributed by atoms with van der Waals surface area (Å²) >= 11 is 1.69. The maximum Gasteiger partial charge on any atom is 0.120 e. The first-order valence-corrected chi connectivity index (χ1v) is 7.34. The Hall–Kier alpha value is -1.55. The maximum atomic E-state index is 5.68. The van der Waals surface area contributed by atoms with Gasteiger partial charge in [-0.1, -0.05) is 0 Å². The number of aryl methyl sites for hydroxylation is 2. The van der Waals surface area contributed by atoms with Crippen molar-refractivity contribution in [1.82, 2.24) is 4.98 Å². The molecule has 0 aliphatic carbocycles. The van der Waals surface area contributed by atoms with Crippen LogP contribution in [0.4, 0.5) is 5.69 Å². The van der Waals surface area contributed by atoms with Crippen molar-refractivity contribution in [3.8, 4) is 5.75 Å². The zero-order chi connectivity index (χ0) is 13.8. The summed E-state index contributed by atoms with van der Waals surface area (Å²) in [4.78, 5) is 5.54. The van der Waals surface area contributed by atoms with E-state index in [0.29, 0.717) is 0 Å². The first-order valence-electron chi connectivity index (χ1n) is 6.46. The lowest BCUT2D eigenvalue weighted by molar-refractivity contribution is 0.242. The molecule has 0 saturated carbocycles. The van der Waals surface area contributed by atoms with Crippen LogP contribution in [0.15, 0.2) is 23.7 Å². The molecule has 0 atom stereocenters. The summed E-state index contributed by atoms with van der Waals surface area (Å²) in [5, 5.41) is 3.45. The number of aromatic nitrogens is 1. The van der Waals surface area contributed by atoms with Gasteiger partial charge in [0.25, 0.3) is 0 Å². The van der Waals surface area contributed by atoms with Crippen molar-refractivity contribution in [2.75, 3.05) is 5.32 Å². The molecule has 102 valence electrons. The molecule has 19 heavy (non-hydrogen) atoms. The topological polar surface area (TPSA) is 34.1 Å². The highest BCUT2D eigenvalue weighted by atomic mass is 32.1. The predicted molar refractivity (Wildman–Crippen MR) is 81.1 cm³/mol. The van der Waals surface area contributed by atoms with E-state index in [9.17, 15) is 0 Å². The highest BCUT2D eigenvalue weighted by Crippen LogP contribution is 2.23. The van der Waals surface area contributed by atoms with E-state index in [1.807, 2.05) is 32.3 Å². The summed E-state index contributed by atoms with van der Waals surface area (Å²) in [7, 11) is 0. The van der Waals surface area contributed by atoms with E-state index in [2.05, 4.69) is 29.4 Å². The molecule has 1 heterocycles. The van der Waals surface area contributed by atoms with Crippen molar-refractivity contribution in [3.63, 3.8) is 0 Å². The van der Waals surface area contributed by atoms with E-state index < -0.39 is 0 Å². The molecule has 0 radical (unpaired) electrons. The molecule has 0 saturated heterocycles. The number of thiazole rings is 1. The maximum absolute atomic E-state index is 5.68. The van der Waals surface area contributed by atoms with Gasteiger partial charge in [0, 0.05) is 10.6 Å². The standard InChI is InChI=1S/C15H20N2OS/c1-10(2)18-13-5-6-14(11(3)7-13)16-8-15-12(4)17-9-19-15/h5-7,9-10,16H,8H2,1-4H3. The molecule has 0 amide bonds. The third kappa shape index (κ3) is 3.70. The average Bonchev–Trinajstić information content (AvgIpc) is 2.73. The summed E-state index contributed by atoms with van der Waals surface area (Å²) in [6.45, 7) is 9.03. The molecule has 0 spiro atoms. The highest BCUT2D eigenvalue weighted by Gasteiger charge is 2.05. The van der Waals surface area contributed by atoms with Gasteiger partial charge in [0.2, 0.25) is 0 Å². The first kappa shape index (κ1) is 13.9. The fourth-order valence-electron chi connectivity index (χ4n) is 1.85. The van der Waals surface area contributed by atoms with Crippen LogP contribution in [0.25, 0.3) is 0 Å². The number of benzene rings is 1. The Balaban J connectivity index is 2.03. The minimum absolute atomic E-state index is 0.207. The first-order chi connectivity index (χ1) is 9.06. The predicted octanol–water partition coefficient (Wildman–Crippen LogP) is 4.16. The van der Waals surface area contributed by atoms with Crippen LogP contribution in [-0.4, -0.2) is 11.1 Å². The Kier molecular flexibility index (Phi) is 4.43. The fourth-order valence-corrected chi connectivity index (χ4v) is 2.57. The van der Waals surface area contributed by atoms with Gasteiger partial charge in [-0.05, 0) is 51.5 Å². The molecule has 0 unspecified atom stereocenters. The van der Waals surface area contributed by atoms with Crippen LogP contribution in [0.1, 0.15) is 30.0 Å². The van der Waals surface area contributed by atoms with Gasteiger partial charge in [0.05, 0.1) is 23.9 Å². The molecule has 3 nitrogen and oxygen atoms in total. The molecule has 4 heteroatoms. The van der Waals surface area contributed by atoms with Crippen LogP contribution >= 0.6 is 11.3 Å². The van der Waals surface area contributed by atoms with Crippen molar-refractivity contribution in [2.45, 2.75) is 40.3 Å². The Morgan fingerprint density at radius 1 is 1.32 bits per heavy atom. The summed E-state index contributed by atoms with van der Waals surface area (Å²) in [5.41, 5.74) is 5.33. The number of ether oxygens (including phenoxy) is 1. The Morgan fingerprint density at radius 2 is 2.11 bits per heavy atom. The van der Waals surface area contributed by atoms with Crippen molar-refractivity contribution in [1.29, 1.82) is 0 Å². The van der Waals surface area contributed by atoms with Crippen molar-refractivity contribution >= 4 is 17.0 Å². The van der Waals surface area contributed by atoms with Crippen LogP contribution in [0, 0.1) is 13.8 Å². The second-order valence-corrected chi connectivity index (χ2v) is 5.80. The number of nitrogens with zero attached hydrogens (tertiary/aromatic N) is 1. The third-order valence-electron chi connectivity index (χ3n) is 2.85. The number of hydrogen-bond donors (Lipinski definition) is 1. The SMILES string of the molecule is Cc1cc(OC(C)C)ccc1NCc1scnc1C. The van der Waals surface area contributed by atoms with Gasteiger partial charge < -0.3 is 10.1 Å². The zero-order valence-electron chi connectivity index (χ0n) is 11.9. The van der Waals surface area contributed by atoms with E-state index in [1.165, 1.54) is 10.4 Å². The van der Waals surface area contributed by atoms with Crippen LogP contribution < -0.4 is 10.1 Å². The Labute approximate surface area is 118 Å². The van der Waals surface area contributed by atoms with Gasteiger partial charge in [-0.25, -0.2) is 4.98 Å². The van der Waals surface area contributed by atoms with Crippen LogP contribution in [0.2, 0.25) is 0 Å². The average molecular weight is 276 g/mol. The number of rotatable bonds is 5. The Bertz CT molecular complexity index is 549. The molecule has 0 aliphatic rings. The van der Waals surface area contributed by atoms with Gasteiger partial charge in [0.15, 0.2) is 0 Å². The quantitative estimate of drug-likeness (QED) is 0.890. The smallest absolute Gasteiger partial charge is 0.120 e. The molecule has 1 aromatic heterocycles. The molecule has 2 rings (SSSR count). The largest absolute Gasteiger partial charge is 0.491 e. The van der Waals surface area contributed by atoms with Gasteiger partial charge in [0.1, 0.15) is 5.75 Å². The second kappa shape index (κ2) is 6.06. The minimum Gasteiger partial charge on any atom is -0.491 e. The van der Waals surface area contributed by atoms with E-state index in [-0.39, 0.29) is 6.10 Å². The van der Waals surface area contributed by atoms with Gasteiger partial charge in [-0.2, -0.15) is 0 Å². The monoisotopic (exact) mass is 276 g/mol. The highest BCUT2D eigenvalue weighted by molar-refractivity contribution is 7.09. The van der Waals surface area contributed by atoms with Crippen LogP contribution in [0.5, 0.6) is 5.75 Å². The van der Waals surface area contributed by atoms with Gasteiger partial charge in [-0.15, -0.1) is 11.3 Å². The summed E-state index contributed by atoms with van der Waals surface area (Å²) in [6.07, 6.45) is 0.207. The van der Waals surface area contributed by atoms with Crippen molar-refractivity contribution < 1.29 is 4.74 Å². The summed E-state index contributed by atoms with van der Waals surface area (Å²) < 4.78 is 5.68. The lowest BCUT2D eigenvalue weighted by Crippen LogP contribution is -2.06. The molecular formula is C15H20N2OS. The number of hydrogen-bond acceptors (Lipinski definition) is 4. The van der Waals surface area contributed by atoms with Gasteiger partial charge >= 0.3 is 0 Å². The van der Waals surface area contributed by atoms with Crippen LogP contribution in [-0.2, 0) is 6.54 Å². The molecule has 0 fully saturated rings. The van der Waals surface area contributed by atoms with Crippen molar-refractivity contribution in [3.05, 3.63) is 39.8 Å². The van der Waals surface area contributed by atoms with Crippen LogP contribution in [0.3, 0.4) is 0 Å². The third-order valence-corrected chi connectivity index (χ3v) is 3.79. The molecule has 0 bridgehead atoms. The minimum atomic E-state index is 0.207. The van der Waals surface area contributed by atoms with Gasteiger partial charge in [-0.3, -0.25) is 0 Å². The second-order valence-electron chi connectivity index (χ2n) is 4.86. The lowest BCUT2D eigenvalue weighted by Gasteiger charge is -2.13. The van der Waals surface area contributed by atoms with E-state index in [0.717, 1.165) is 23.7 Å². The Morgan fingerprint density at radius 3 is 2.68 bits per heavy atom. The zero-order valence-corrected chi connectivity index (χ0v) is 12.7. The fraction of sp³-hybridized carbons (Fsp3) is 0.400. The van der Waals surface area contributed by atoms with E-state index in [4.69, 9.17) is 4.74 Å². The summed E-state index contributed by atoms with van der Waals surface area (Å²) in [6, 6.07) is 6.15. The lowest BCUT2D eigenvalue weighted by atomic mass is 10.2. The normalized spacial score (nSPS) is 10.8. The molecular weight excluding hydrogens is 256 g/mol. The van der Waals surface area contributed by atoms with E-state index in [1.54, 1.807) is 11.3 Å². The molecule has 1 aromatic carbocycles.